The van der Waals surface area contributed by atoms with Crippen molar-refractivity contribution in [3.05, 3.63) is 83.3 Å². The first-order chi connectivity index (χ1) is 8.75. The Labute approximate surface area is 107 Å². The van der Waals surface area contributed by atoms with Gasteiger partial charge in [0, 0.05) is 18.4 Å². The normalized spacial score (nSPS) is 10.0. The molecule has 2 aromatic carbocycles. The van der Waals surface area contributed by atoms with E-state index in [1.165, 1.54) is 0 Å². The minimum absolute atomic E-state index is 0.554. The van der Waals surface area contributed by atoms with Gasteiger partial charge in [0.15, 0.2) is 0 Å². The number of benzene rings is 2. The van der Waals surface area contributed by atoms with Crippen molar-refractivity contribution >= 4 is 0 Å². The molecule has 0 radical (unpaired) electrons. The molecule has 2 N–H and O–H groups in total. The molecular weight excluding hydrogens is 224 g/mol. The fraction of sp³-hybridized carbons (Fsp3) is 0.125. The number of hydrogen-bond donors (Lipinski definition) is 2. The Morgan fingerprint density at radius 1 is 0.667 bits per heavy atom. The van der Waals surface area contributed by atoms with Gasteiger partial charge in [0.1, 0.15) is 0 Å². The minimum atomic E-state index is -0.567. The zero-order valence-electron chi connectivity index (χ0n) is 10.1. The third-order valence-electron chi connectivity index (χ3n) is 2.84. The summed E-state index contributed by atoms with van der Waals surface area (Å²) in [6, 6.07) is 19.6. The van der Waals surface area contributed by atoms with Crippen LogP contribution in [0.1, 0.15) is 11.1 Å². The van der Waals surface area contributed by atoms with Crippen molar-refractivity contribution in [1.29, 1.82) is 0 Å². The number of hydrogen-bond acceptors (Lipinski definition) is 2. The molecule has 0 saturated heterocycles. The first-order valence-corrected chi connectivity index (χ1v) is 5.93. The van der Waals surface area contributed by atoms with Crippen LogP contribution in [0.3, 0.4) is 0 Å². The molecule has 2 nitrogen and oxygen atoms in total. The second-order valence-corrected chi connectivity index (χ2v) is 4.25. The highest BCUT2D eigenvalue weighted by Crippen LogP contribution is 2.15. The van der Waals surface area contributed by atoms with Crippen molar-refractivity contribution in [3.63, 3.8) is 0 Å². The molecule has 0 bridgehead atoms. The van der Waals surface area contributed by atoms with E-state index < -0.39 is 5.95 Å². The van der Waals surface area contributed by atoms with E-state index in [4.69, 9.17) is 0 Å². The lowest BCUT2D eigenvalue weighted by atomic mass is 9.99. The highest BCUT2D eigenvalue weighted by molar-refractivity contribution is 5.27. The number of allylic oxidation sites excluding steroid dienone is 1. The molecule has 0 aromatic heterocycles. The van der Waals surface area contributed by atoms with Gasteiger partial charge >= 0.3 is 0 Å². The van der Waals surface area contributed by atoms with E-state index in [-0.39, 0.29) is 0 Å². The van der Waals surface area contributed by atoms with E-state index in [1.807, 2.05) is 60.7 Å². The monoisotopic (exact) mass is 240 g/mol. The molecule has 2 rings (SSSR count). The number of aliphatic hydroxyl groups is 2. The van der Waals surface area contributed by atoms with Crippen LogP contribution in [-0.2, 0) is 12.8 Å². The second-order valence-electron chi connectivity index (χ2n) is 4.25. The average molecular weight is 240 g/mol. The molecule has 0 unspecified atom stereocenters. The van der Waals surface area contributed by atoms with Crippen LogP contribution >= 0.6 is 0 Å². The predicted octanol–water partition coefficient (Wildman–Crippen LogP) is 3.80. The zero-order valence-corrected chi connectivity index (χ0v) is 10.1. The highest BCUT2D eigenvalue weighted by atomic mass is 16.5. The van der Waals surface area contributed by atoms with Crippen LogP contribution in [0.5, 0.6) is 0 Å². The van der Waals surface area contributed by atoms with Crippen molar-refractivity contribution in [2.75, 3.05) is 0 Å². The maximum atomic E-state index is 9.37. The van der Waals surface area contributed by atoms with Crippen LogP contribution in [0, 0.1) is 0 Å². The Morgan fingerprint density at radius 2 is 1.06 bits per heavy atom. The molecular formula is C16H16O2. The Hall–Kier alpha value is -2.22. The Morgan fingerprint density at radius 3 is 1.39 bits per heavy atom. The Bertz CT molecular complexity index is 468. The van der Waals surface area contributed by atoms with Crippen LogP contribution < -0.4 is 0 Å². The molecule has 0 fully saturated rings. The third-order valence-corrected chi connectivity index (χ3v) is 2.84. The van der Waals surface area contributed by atoms with E-state index in [2.05, 4.69) is 0 Å². The topological polar surface area (TPSA) is 40.5 Å². The van der Waals surface area contributed by atoms with Crippen molar-refractivity contribution in [2.24, 2.45) is 0 Å². The van der Waals surface area contributed by atoms with Gasteiger partial charge in [-0.1, -0.05) is 60.7 Å². The minimum Gasteiger partial charge on any atom is -0.481 e. The van der Waals surface area contributed by atoms with Gasteiger partial charge in [-0.25, -0.2) is 0 Å². The lowest BCUT2D eigenvalue weighted by Crippen LogP contribution is -2.00. The lowest BCUT2D eigenvalue weighted by Gasteiger charge is -2.08. The average Bonchev–Trinajstić information content (AvgIpc) is 2.40. The van der Waals surface area contributed by atoms with Gasteiger partial charge in [0.25, 0.3) is 5.95 Å². The molecule has 0 atom stereocenters. The van der Waals surface area contributed by atoms with Crippen molar-refractivity contribution < 1.29 is 10.2 Å². The van der Waals surface area contributed by atoms with Crippen molar-refractivity contribution in [2.45, 2.75) is 12.8 Å². The number of aliphatic hydroxyl groups excluding tert-OH is 1. The van der Waals surface area contributed by atoms with E-state index >= 15 is 0 Å². The third kappa shape index (κ3) is 3.39. The zero-order chi connectivity index (χ0) is 12.8. The summed E-state index contributed by atoms with van der Waals surface area (Å²) in [5.41, 5.74) is 2.78. The Kier molecular flexibility index (Phi) is 4.02. The van der Waals surface area contributed by atoms with Gasteiger partial charge < -0.3 is 10.2 Å². The van der Waals surface area contributed by atoms with Crippen LogP contribution in [0.15, 0.2) is 72.2 Å². The summed E-state index contributed by atoms with van der Waals surface area (Å²) in [5, 5.41) is 18.7. The smallest absolute Gasteiger partial charge is 0.273 e. The molecule has 0 amide bonds. The molecule has 0 aliphatic carbocycles. The van der Waals surface area contributed by atoms with E-state index in [0.29, 0.717) is 18.4 Å². The summed E-state index contributed by atoms with van der Waals surface area (Å²) in [4.78, 5) is 0. The molecule has 0 aliphatic rings. The molecule has 2 heteroatoms. The molecule has 18 heavy (non-hydrogen) atoms. The summed E-state index contributed by atoms with van der Waals surface area (Å²) >= 11 is 0. The van der Waals surface area contributed by atoms with Gasteiger partial charge in [-0.2, -0.15) is 0 Å². The summed E-state index contributed by atoms with van der Waals surface area (Å²) in [6.45, 7) is 0. The fourth-order valence-electron chi connectivity index (χ4n) is 1.91. The molecule has 0 spiro atoms. The first-order valence-electron chi connectivity index (χ1n) is 5.93. The van der Waals surface area contributed by atoms with Gasteiger partial charge in [0.2, 0.25) is 0 Å². The molecule has 92 valence electrons. The van der Waals surface area contributed by atoms with Crippen molar-refractivity contribution in [3.8, 4) is 0 Å². The van der Waals surface area contributed by atoms with Gasteiger partial charge in [-0.15, -0.1) is 0 Å². The lowest BCUT2D eigenvalue weighted by molar-refractivity contribution is 0.183. The molecule has 0 aliphatic heterocycles. The van der Waals surface area contributed by atoms with Gasteiger partial charge in [-0.3, -0.25) is 0 Å². The van der Waals surface area contributed by atoms with Crippen molar-refractivity contribution in [1.82, 2.24) is 0 Å². The summed E-state index contributed by atoms with van der Waals surface area (Å²) in [6.07, 6.45) is 1.11. The SMILES string of the molecule is OC(O)=C(Cc1ccccc1)Cc1ccccc1. The fourth-order valence-corrected chi connectivity index (χ4v) is 1.91. The second kappa shape index (κ2) is 5.92. The van der Waals surface area contributed by atoms with Crippen LogP contribution in [0.4, 0.5) is 0 Å². The largest absolute Gasteiger partial charge is 0.481 e. The van der Waals surface area contributed by atoms with E-state index in [1.54, 1.807) is 0 Å². The van der Waals surface area contributed by atoms with Gasteiger partial charge in [-0.05, 0) is 11.1 Å². The quantitative estimate of drug-likeness (QED) is 0.798. The summed E-state index contributed by atoms with van der Waals surface area (Å²) in [5.74, 6) is -0.567. The molecule has 0 saturated carbocycles. The maximum absolute atomic E-state index is 9.37. The molecule has 2 aromatic rings. The predicted molar refractivity (Wildman–Crippen MR) is 72.6 cm³/mol. The first kappa shape index (κ1) is 12.2. The standard InChI is InChI=1S/C16H16O2/c17-16(18)15(11-13-7-3-1-4-8-13)12-14-9-5-2-6-10-14/h1-10,17-18H,11-12H2. The van der Waals surface area contributed by atoms with E-state index in [9.17, 15) is 10.2 Å². The van der Waals surface area contributed by atoms with Crippen LogP contribution in [0.25, 0.3) is 0 Å². The van der Waals surface area contributed by atoms with E-state index in [0.717, 1.165) is 11.1 Å². The van der Waals surface area contributed by atoms with Gasteiger partial charge in [0.05, 0.1) is 0 Å². The van der Waals surface area contributed by atoms with Crippen LogP contribution in [0.2, 0.25) is 0 Å². The van der Waals surface area contributed by atoms with Crippen LogP contribution in [-0.4, -0.2) is 10.2 Å². The molecule has 0 heterocycles. The highest BCUT2D eigenvalue weighted by Gasteiger charge is 2.07. The maximum Gasteiger partial charge on any atom is 0.273 e. The Balaban J connectivity index is 2.14. The summed E-state index contributed by atoms with van der Waals surface area (Å²) < 4.78 is 0. The number of rotatable bonds is 4. The summed E-state index contributed by atoms with van der Waals surface area (Å²) in [7, 11) is 0.